The van der Waals surface area contributed by atoms with Crippen molar-refractivity contribution in [1.29, 1.82) is 0 Å². The lowest BCUT2D eigenvalue weighted by Crippen LogP contribution is -2.76. The van der Waals surface area contributed by atoms with Gasteiger partial charge >= 0.3 is 17.7 Å². The van der Waals surface area contributed by atoms with E-state index < -0.39 is 8.07 Å². The lowest BCUT2D eigenvalue weighted by molar-refractivity contribution is -0.616. The molecular formula is C43H30N6Si+2. The number of pyridine rings is 2. The number of benzene rings is 5. The topological polar surface area (TPSA) is 51.4 Å². The van der Waals surface area contributed by atoms with Gasteiger partial charge in [-0.25, -0.2) is 9.13 Å². The average Bonchev–Trinajstić information content (AvgIpc) is 3.55. The molecule has 50 heavy (non-hydrogen) atoms. The molecule has 0 spiro atoms. The van der Waals surface area contributed by atoms with Crippen molar-refractivity contribution in [3.63, 3.8) is 0 Å². The minimum absolute atomic E-state index is 0.555. The van der Waals surface area contributed by atoms with Gasteiger partial charge in [0.1, 0.15) is 0 Å². The molecule has 0 saturated carbocycles. The predicted molar refractivity (Wildman–Crippen MR) is 200 cm³/mol. The monoisotopic (exact) mass is 658 g/mol. The van der Waals surface area contributed by atoms with Gasteiger partial charge in [0, 0.05) is 21.4 Å². The van der Waals surface area contributed by atoms with Crippen molar-refractivity contribution >= 4 is 50.6 Å². The highest BCUT2D eigenvalue weighted by molar-refractivity contribution is 7.21. The van der Waals surface area contributed by atoms with Crippen molar-refractivity contribution in [1.82, 2.24) is 19.5 Å². The summed E-state index contributed by atoms with van der Waals surface area (Å²) in [6, 6.07) is 56.7. The number of para-hydroxylation sites is 3. The maximum Gasteiger partial charge on any atom is 0.447 e. The Morgan fingerprint density at radius 1 is 0.460 bits per heavy atom. The first-order chi connectivity index (χ1) is 24.8. The number of fused-ring (bicyclic) bond motifs is 5. The van der Waals surface area contributed by atoms with Gasteiger partial charge in [-0.05, 0) is 79.2 Å². The van der Waals surface area contributed by atoms with Crippen LogP contribution in [-0.4, -0.2) is 27.6 Å². The molecule has 0 aliphatic carbocycles. The zero-order valence-electron chi connectivity index (χ0n) is 27.0. The van der Waals surface area contributed by atoms with Gasteiger partial charge in [-0.3, -0.25) is 0 Å². The van der Waals surface area contributed by atoms with Crippen LogP contribution in [0.3, 0.4) is 0 Å². The smallest absolute Gasteiger partial charge is 0.309 e. The van der Waals surface area contributed by atoms with Crippen molar-refractivity contribution < 1.29 is 9.13 Å². The third-order valence-electron chi connectivity index (χ3n) is 9.91. The van der Waals surface area contributed by atoms with Crippen molar-refractivity contribution in [2.75, 3.05) is 0 Å². The summed E-state index contributed by atoms with van der Waals surface area (Å²) in [5.41, 5.74) is 4.70. The highest BCUT2D eigenvalue weighted by Crippen LogP contribution is 2.35. The summed E-state index contributed by atoms with van der Waals surface area (Å²) >= 11 is 0. The van der Waals surface area contributed by atoms with Gasteiger partial charge in [-0.15, -0.1) is 0 Å². The van der Waals surface area contributed by atoms with E-state index in [0.717, 1.165) is 5.56 Å². The summed E-state index contributed by atoms with van der Waals surface area (Å²) in [5.74, 6) is 1.73. The summed E-state index contributed by atoms with van der Waals surface area (Å²) in [5, 5.41) is 7.91. The van der Waals surface area contributed by atoms with Gasteiger partial charge in [0.25, 0.3) is 0 Å². The van der Waals surface area contributed by atoms with E-state index in [0.29, 0.717) is 17.7 Å². The molecule has 9 aromatic rings. The molecule has 0 fully saturated rings. The molecule has 0 bridgehead atoms. The van der Waals surface area contributed by atoms with Crippen molar-refractivity contribution in [3.05, 3.63) is 183 Å². The van der Waals surface area contributed by atoms with E-state index in [1.54, 1.807) is 0 Å². The molecule has 0 N–H and O–H groups in total. The standard InChI is InChI=1S/C43H30N6Si/c1-4-17-32(18-5-1)50(38-24-9-8-23-37(38)49-36-22-7-6-20-34(36)35-21-15-25-39(50)40(35)49)33-19-14-16-31(30-33)41-44-42(47-26-10-2-11-27-47)46-43(45-41)48-28-12-3-13-29-48/h1-30H/q+2. The Hall–Kier alpha value is -6.57. The quantitative estimate of drug-likeness (QED) is 0.196. The largest absolute Gasteiger partial charge is 0.447 e. The number of aromatic nitrogens is 6. The van der Waals surface area contributed by atoms with E-state index in [2.05, 4.69) is 126 Å². The van der Waals surface area contributed by atoms with E-state index in [1.165, 1.54) is 48.2 Å². The number of nitrogens with zero attached hydrogens (tertiary/aromatic N) is 6. The maximum absolute atomic E-state index is 5.07. The molecule has 0 radical (unpaired) electrons. The first kappa shape index (κ1) is 28.4. The predicted octanol–water partition coefficient (Wildman–Crippen LogP) is 4.88. The Morgan fingerprint density at radius 3 is 1.80 bits per heavy atom. The highest BCUT2D eigenvalue weighted by atomic mass is 28.3. The van der Waals surface area contributed by atoms with E-state index in [4.69, 9.17) is 15.0 Å². The van der Waals surface area contributed by atoms with Gasteiger partial charge in [-0.1, -0.05) is 109 Å². The summed E-state index contributed by atoms with van der Waals surface area (Å²) in [4.78, 5) is 15.0. The number of rotatable bonds is 5. The second-order valence-corrected chi connectivity index (χ2v) is 16.3. The van der Waals surface area contributed by atoms with Crippen LogP contribution in [-0.2, 0) is 0 Å². The molecule has 234 valence electrons. The fraction of sp³-hybridized carbons (Fsp3) is 0. The van der Waals surface area contributed by atoms with Crippen LogP contribution in [0.25, 0.3) is 50.8 Å². The van der Waals surface area contributed by atoms with Crippen molar-refractivity contribution in [2.45, 2.75) is 0 Å². The Labute approximate surface area is 289 Å². The molecule has 5 heterocycles. The van der Waals surface area contributed by atoms with E-state index >= 15 is 0 Å². The van der Waals surface area contributed by atoms with Crippen LogP contribution in [0.4, 0.5) is 0 Å². The number of hydrogen-bond acceptors (Lipinski definition) is 3. The Kier molecular flexibility index (Phi) is 6.40. The van der Waals surface area contributed by atoms with Crippen molar-refractivity contribution in [3.8, 4) is 29.0 Å². The van der Waals surface area contributed by atoms with Crippen LogP contribution in [0.2, 0.25) is 0 Å². The second kappa shape index (κ2) is 11.3. The molecule has 7 heteroatoms. The Balaban J connectivity index is 1.28. The zero-order chi connectivity index (χ0) is 33.1. The summed E-state index contributed by atoms with van der Waals surface area (Å²) in [6.07, 6.45) is 7.85. The molecule has 10 rings (SSSR count). The molecule has 6 nitrogen and oxygen atoms in total. The van der Waals surface area contributed by atoms with Gasteiger partial charge in [0.15, 0.2) is 8.07 Å². The SMILES string of the molecule is c1ccc([Si]2(c3cccc(-c4nc(-[n+]5ccccc5)nc(-[n+]5ccccc5)n4)c3)c3ccccc3-n3c4ccccc4c4cccc2c43)cc1. The van der Waals surface area contributed by atoms with Crippen LogP contribution in [0.5, 0.6) is 0 Å². The lowest BCUT2D eigenvalue weighted by Gasteiger charge is -2.39. The molecule has 4 aromatic heterocycles. The van der Waals surface area contributed by atoms with Gasteiger partial charge in [-0.2, -0.15) is 0 Å². The first-order valence-electron chi connectivity index (χ1n) is 16.8. The molecule has 1 unspecified atom stereocenters. The van der Waals surface area contributed by atoms with Crippen LogP contribution < -0.4 is 29.9 Å². The molecular weight excluding hydrogens is 629 g/mol. The Morgan fingerprint density at radius 2 is 1.04 bits per heavy atom. The fourth-order valence-corrected chi connectivity index (χ4v) is 13.0. The van der Waals surface area contributed by atoms with Crippen LogP contribution >= 0.6 is 0 Å². The molecule has 0 amide bonds. The minimum Gasteiger partial charge on any atom is -0.309 e. The Bertz CT molecular complexity index is 2650. The zero-order valence-corrected chi connectivity index (χ0v) is 28.0. The molecule has 1 aliphatic rings. The van der Waals surface area contributed by atoms with Crippen LogP contribution in [0.1, 0.15) is 0 Å². The average molecular weight is 659 g/mol. The third kappa shape index (κ3) is 4.17. The maximum atomic E-state index is 5.07. The van der Waals surface area contributed by atoms with Gasteiger partial charge in [0.05, 0.1) is 41.4 Å². The summed E-state index contributed by atoms with van der Waals surface area (Å²) in [6.45, 7) is 0. The van der Waals surface area contributed by atoms with Crippen molar-refractivity contribution in [2.24, 2.45) is 0 Å². The lowest BCUT2D eigenvalue weighted by atomic mass is 10.1. The normalized spacial score (nSPS) is 14.9. The van der Waals surface area contributed by atoms with Gasteiger partial charge < -0.3 is 4.57 Å². The highest BCUT2D eigenvalue weighted by Gasteiger charge is 2.48. The third-order valence-corrected chi connectivity index (χ3v) is 14.7. The van der Waals surface area contributed by atoms with E-state index in [9.17, 15) is 0 Å². The van der Waals surface area contributed by atoms with Crippen LogP contribution in [0, 0.1) is 0 Å². The molecule has 1 aliphatic heterocycles. The van der Waals surface area contributed by atoms with Gasteiger partial charge in [0.2, 0.25) is 0 Å². The minimum atomic E-state index is -2.89. The summed E-state index contributed by atoms with van der Waals surface area (Å²) < 4.78 is 6.35. The van der Waals surface area contributed by atoms with E-state index in [1.807, 2.05) is 70.3 Å². The fourth-order valence-electron chi connectivity index (χ4n) is 7.85. The van der Waals surface area contributed by atoms with E-state index in [-0.39, 0.29) is 0 Å². The molecule has 0 saturated heterocycles. The van der Waals surface area contributed by atoms with Crippen LogP contribution in [0.15, 0.2) is 183 Å². The summed E-state index contributed by atoms with van der Waals surface area (Å²) in [7, 11) is -2.89. The number of hydrogen-bond donors (Lipinski definition) is 0. The second-order valence-electron chi connectivity index (χ2n) is 12.6. The first-order valence-corrected chi connectivity index (χ1v) is 18.8. The molecule has 5 aromatic carbocycles. The molecule has 1 atom stereocenters.